The molecule has 0 amide bonds. The summed E-state index contributed by atoms with van der Waals surface area (Å²) in [7, 11) is 0. The van der Waals surface area contributed by atoms with Crippen LogP contribution in [0.4, 0.5) is 5.82 Å². The van der Waals surface area contributed by atoms with Crippen LogP contribution in [0.1, 0.15) is 10.4 Å². The minimum Gasteiger partial charge on any atom is -0.368 e. The largest absolute Gasteiger partial charge is 0.368 e. The number of hydrogen-bond acceptors (Lipinski definition) is 4. The zero-order valence-electron chi connectivity index (χ0n) is 8.98. The number of rotatable bonds is 4. The molecule has 2 aromatic heterocycles. The van der Waals surface area contributed by atoms with Crippen molar-refractivity contribution < 1.29 is 0 Å². The first-order chi connectivity index (χ1) is 8.31. The Morgan fingerprint density at radius 2 is 2.35 bits per heavy atom. The number of nitrogens with one attached hydrogen (secondary N) is 1. The van der Waals surface area contributed by atoms with Crippen LogP contribution in [0.3, 0.4) is 0 Å². The summed E-state index contributed by atoms with van der Waals surface area (Å²) in [4.78, 5) is 5.43. The first-order valence-corrected chi connectivity index (χ1v) is 6.38. The maximum Gasteiger partial charge on any atom is 0.146 e. The van der Waals surface area contributed by atoms with Crippen LogP contribution >= 0.6 is 22.9 Å². The van der Waals surface area contributed by atoms with Gasteiger partial charge in [0.2, 0.25) is 0 Å². The van der Waals surface area contributed by atoms with Crippen LogP contribution in [-0.2, 0) is 6.42 Å². The van der Waals surface area contributed by atoms with Crippen LogP contribution in [0.15, 0.2) is 29.8 Å². The van der Waals surface area contributed by atoms with E-state index in [4.69, 9.17) is 16.9 Å². The molecule has 0 aromatic carbocycles. The van der Waals surface area contributed by atoms with Crippen LogP contribution < -0.4 is 5.32 Å². The lowest BCUT2D eigenvalue weighted by atomic mass is 10.3. The minimum absolute atomic E-state index is 0.390. The fraction of sp³-hybridized carbons (Fsp3) is 0.167. The fourth-order valence-electron chi connectivity index (χ4n) is 1.41. The lowest BCUT2D eigenvalue weighted by Gasteiger charge is -2.06. The zero-order chi connectivity index (χ0) is 12.1. The molecule has 0 saturated heterocycles. The van der Waals surface area contributed by atoms with Gasteiger partial charge in [0.1, 0.15) is 16.9 Å². The second-order valence-electron chi connectivity index (χ2n) is 3.39. The van der Waals surface area contributed by atoms with Crippen LogP contribution in [-0.4, -0.2) is 11.5 Å². The van der Waals surface area contributed by atoms with Gasteiger partial charge in [-0.15, -0.1) is 11.3 Å². The molecule has 0 radical (unpaired) electrons. The number of nitrogens with zero attached hydrogens (tertiary/aromatic N) is 2. The zero-order valence-corrected chi connectivity index (χ0v) is 10.6. The minimum atomic E-state index is 0.390. The molecule has 3 nitrogen and oxygen atoms in total. The van der Waals surface area contributed by atoms with Crippen LogP contribution in [0.25, 0.3) is 0 Å². The molecule has 2 heterocycles. The second kappa shape index (κ2) is 5.67. The Morgan fingerprint density at radius 1 is 1.47 bits per heavy atom. The average Bonchev–Trinajstić information content (AvgIpc) is 2.84. The lowest BCUT2D eigenvalue weighted by molar-refractivity contribution is 1.03. The van der Waals surface area contributed by atoms with E-state index in [0.29, 0.717) is 16.4 Å². The Balaban J connectivity index is 1.98. The molecule has 2 rings (SSSR count). The van der Waals surface area contributed by atoms with Gasteiger partial charge in [0.05, 0.1) is 5.56 Å². The summed E-state index contributed by atoms with van der Waals surface area (Å²) in [5.74, 6) is 0.572. The van der Waals surface area contributed by atoms with Crippen molar-refractivity contribution in [2.75, 3.05) is 11.9 Å². The third kappa shape index (κ3) is 2.96. The van der Waals surface area contributed by atoms with E-state index in [1.807, 2.05) is 12.1 Å². The molecule has 0 aliphatic heterocycles. The molecule has 0 fully saturated rings. The van der Waals surface area contributed by atoms with Crippen molar-refractivity contribution in [3.8, 4) is 6.07 Å². The van der Waals surface area contributed by atoms with E-state index in [9.17, 15) is 0 Å². The molecule has 0 unspecified atom stereocenters. The van der Waals surface area contributed by atoms with Gasteiger partial charge in [0, 0.05) is 17.6 Å². The molecule has 0 spiro atoms. The Hall–Kier alpha value is -1.57. The van der Waals surface area contributed by atoms with Gasteiger partial charge < -0.3 is 5.32 Å². The maximum atomic E-state index is 8.83. The van der Waals surface area contributed by atoms with Gasteiger partial charge in [-0.2, -0.15) is 5.26 Å². The summed E-state index contributed by atoms with van der Waals surface area (Å²) < 4.78 is 0. The molecule has 0 aliphatic rings. The van der Waals surface area contributed by atoms with Crippen molar-refractivity contribution >= 4 is 28.8 Å². The molecular formula is C12H10ClN3S. The van der Waals surface area contributed by atoms with Gasteiger partial charge >= 0.3 is 0 Å². The van der Waals surface area contributed by atoms with E-state index >= 15 is 0 Å². The highest BCUT2D eigenvalue weighted by Gasteiger charge is 2.06. The van der Waals surface area contributed by atoms with Gasteiger partial charge in [0.25, 0.3) is 0 Å². The third-order valence-electron chi connectivity index (χ3n) is 2.25. The normalized spacial score (nSPS) is 9.88. The van der Waals surface area contributed by atoms with E-state index in [2.05, 4.69) is 21.7 Å². The summed E-state index contributed by atoms with van der Waals surface area (Å²) in [6.07, 6.45) is 2.50. The van der Waals surface area contributed by atoms with Crippen molar-refractivity contribution in [2.24, 2.45) is 0 Å². The highest BCUT2D eigenvalue weighted by Crippen LogP contribution is 2.22. The third-order valence-corrected chi connectivity index (χ3v) is 3.57. The SMILES string of the molecule is N#Cc1ccnc(NCCc2cccs2)c1Cl. The molecule has 5 heteroatoms. The molecule has 1 N–H and O–H groups in total. The average molecular weight is 264 g/mol. The van der Waals surface area contributed by atoms with Gasteiger partial charge in [-0.3, -0.25) is 0 Å². The number of halogens is 1. The van der Waals surface area contributed by atoms with E-state index in [1.165, 1.54) is 4.88 Å². The topological polar surface area (TPSA) is 48.7 Å². The summed E-state index contributed by atoms with van der Waals surface area (Å²) in [5, 5.41) is 14.4. The highest BCUT2D eigenvalue weighted by molar-refractivity contribution is 7.09. The predicted octanol–water partition coefficient (Wildman–Crippen LogP) is 3.32. The number of thiophene rings is 1. The Kier molecular flexibility index (Phi) is 3.97. The fourth-order valence-corrected chi connectivity index (χ4v) is 2.34. The van der Waals surface area contributed by atoms with E-state index in [0.717, 1.165) is 13.0 Å². The van der Waals surface area contributed by atoms with Crippen molar-refractivity contribution in [1.82, 2.24) is 4.98 Å². The number of hydrogen-bond donors (Lipinski definition) is 1. The van der Waals surface area contributed by atoms with Crippen LogP contribution in [0.2, 0.25) is 5.02 Å². The molecule has 0 saturated carbocycles. The molecule has 0 atom stereocenters. The van der Waals surface area contributed by atoms with E-state index < -0.39 is 0 Å². The van der Waals surface area contributed by atoms with Crippen molar-refractivity contribution in [1.29, 1.82) is 5.26 Å². The molecule has 86 valence electrons. The molecular weight excluding hydrogens is 254 g/mol. The molecule has 17 heavy (non-hydrogen) atoms. The maximum absolute atomic E-state index is 8.83. The van der Waals surface area contributed by atoms with Crippen molar-refractivity contribution in [3.63, 3.8) is 0 Å². The summed E-state index contributed by atoms with van der Waals surface area (Å²) >= 11 is 7.75. The first kappa shape index (κ1) is 11.9. The quantitative estimate of drug-likeness (QED) is 0.921. The van der Waals surface area contributed by atoms with Gasteiger partial charge in [0.15, 0.2) is 0 Å². The Bertz CT molecular complexity index is 531. The van der Waals surface area contributed by atoms with Gasteiger partial charge in [-0.25, -0.2) is 4.98 Å². The molecule has 0 bridgehead atoms. The summed E-state index contributed by atoms with van der Waals surface area (Å²) in [6.45, 7) is 0.752. The lowest BCUT2D eigenvalue weighted by Crippen LogP contribution is -2.06. The van der Waals surface area contributed by atoms with Gasteiger partial charge in [-0.1, -0.05) is 17.7 Å². The second-order valence-corrected chi connectivity index (χ2v) is 4.80. The summed E-state index contributed by atoms with van der Waals surface area (Å²) in [6, 6.07) is 7.75. The number of nitriles is 1. The standard InChI is InChI=1S/C12H10ClN3S/c13-11-9(8-14)3-5-15-12(11)16-6-4-10-2-1-7-17-10/h1-3,5,7H,4,6H2,(H,15,16). The molecule has 2 aromatic rings. The summed E-state index contributed by atoms with van der Waals surface area (Å²) in [5.41, 5.74) is 0.445. The van der Waals surface area contributed by atoms with Crippen LogP contribution in [0, 0.1) is 11.3 Å². The Labute approximate surface area is 109 Å². The van der Waals surface area contributed by atoms with Gasteiger partial charge in [-0.05, 0) is 23.9 Å². The number of aromatic nitrogens is 1. The number of anilines is 1. The van der Waals surface area contributed by atoms with Crippen molar-refractivity contribution in [2.45, 2.75) is 6.42 Å². The first-order valence-electron chi connectivity index (χ1n) is 5.12. The van der Waals surface area contributed by atoms with E-state index in [-0.39, 0.29) is 0 Å². The Morgan fingerprint density at radius 3 is 3.06 bits per heavy atom. The smallest absolute Gasteiger partial charge is 0.146 e. The van der Waals surface area contributed by atoms with E-state index in [1.54, 1.807) is 23.6 Å². The van der Waals surface area contributed by atoms with Crippen molar-refractivity contribution in [3.05, 3.63) is 45.2 Å². The van der Waals surface area contributed by atoms with Crippen LogP contribution in [0.5, 0.6) is 0 Å². The number of pyridine rings is 1. The monoisotopic (exact) mass is 263 g/mol. The molecule has 0 aliphatic carbocycles. The predicted molar refractivity (Wildman–Crippen MR) is 70.5 cm³/mol. The highest BCUT2D eigenvalue weighted by atomic mass is 35.5.